The van der Waals surface area contributed by atoms with Crippen molar-refractivity contribution in [3.8, 4) is 5.75 Å². The van der Waals surface area contributed by atoms with Crippen molar-refractivity contribution in [1.29, 1.82) is 0 Å². The van der Waals surface area contributed by atoms with Gasteiger partial charge in [0.15, 0.2) is 5.69 Å². The van der Waals surface area contributed by atoms with Gasteiger partial charge in [-0.15, -0.1) is 0 Å². The van der Waals surface area contributed by atoms with Crippen LogP contribution in [0.5, 0.6) is 5.75 Å². The van der Waals surface area contributed by atoms with Crippen LogP contribution in [0.2, 0.25) is 0 Å². The van der Waals surface area contributed by atoms with Crippen LogP contribution in [0.25, 0.3) is 0 Å². The summed E-state index contributed by atoms with van der Waals surface area (Å²) in [6.07, 6.45) is -4.35. The summed E-state index contributed by atoms with van der Waals surface area (Å²) in [5, 5.41) is 13.1. The maximum atomic E-state index is 12.4. The highest BCUT2D eigenvalue weighted by Crippen LogP contribution is 2.27. The van der Waals surface area contributed by atoms with Gasteiger partial charge in [0.1, 0.15) is 18.5 Å². The van der Waals surface area contributed by atoms with Crippen molar-refractivity contribution in [3.05, 3.63) is 42.2 Å². The highest BCUT2D eigenvalue weighted by Gasteiger charge is 2.33. The van der Waals surface area contributed by atoms with E-state index in [2.05, 4.69) is 5.10 Å². The number of aliphatic hydroxyl groups excluding tert-OH is 1. The molecule has 114 valence electrons. The zero-order valence-electron chi connectivity index (χ0n) is 10.9. The van der Waals surface area contributed by atoms with Gasteiger partial charge in [-0.05, 0) is 18.2 Å². The quantitative estimate of drug-likeness (QED) is 0.828. The number of hydrogen-bond donors (Lipinski definition) is 2. The Hall–Kier alpha value is -2.22. The summed E-state index contributed by atoms with van der Waals surface area (Å²) < 4.78 is 43.5. The molecule has 21 heavy (non-hydrogen) atoms. The minimum absolute atomic E-state index is 0.102. The van der Waals surface area contributed by atoms with Gasteiger partial charge in [0, 0.05) is 6.20 Å². The van der Waals surface area contributed by atoms with Crippen molar-refractivity contribution in [2.45, 2.75) is 18.8 Å². The Labute approximate surface area is 118 Å². The minimum Gasteiger partial charge on any atom is -0.489 e. The number of benzene rings is 1. The fourth-order valence-electron chi connectivity index (χ4n) is 1.68. The summed E-state index contributed by atoms with van der Waals surface area (Å²) in [6, 6.07) is 7.59. The molecular weight excluding hydrogens is 287 g/mol. The average molecular weight is 301 g/mol. The first kappa shape index (κ1) is 15.2. The molecule has 0 aliphatic carbocycles. The molecule has 3 N–H and O–H groups in total. The molecule has 5 nitrogen and oxygen atoms in total. The van der Waals surface area contributed by atoms with Gasteiger partial charge < -0.3 is 15.6 Å². The van der Waals surface area contributed by atoms with Crippen LogP contribution in [0.4, 0.5) is 18.9 Å². The predicted molar refractivity (Wildman–Crippen MR) is 69.6 cm³/mol. The largest absolute Gasteiger partial charge is 0.489 e. The summed E-state index contributed by atoms with van der Waals surface area (Å²) in [7, 11) is 0. The monoisotopic (exact) mass is 301 g/mol. The van der Waals surface area contributed by atoms with E-state index in [1.165, 1.54) is 0 Å². The fraction of sp³-hybridized carbons (Fsp3) is 0.308. The van der Waals surface area contributed by atoms with Gasteiger partial charge in [-0.3, -0.25) is 4.68 Å². The van der Waals surface area contributed by atoms with Crippen molar-refractivity contribution in [3.63, 3.8) is 0 Å². The predicted octanol–water partition coefficient (Wildman–Crippen LogP) is 1.92. The molecule has 0 saturated heterocycles. The topological polar surface area (TPSA) is 73.3 Å². The van der Waals surface area contributed by atoms with Gasteiger partial charge in [-0.1, -0.05) is 12.1 Å². The van der Waals surface area contributed by atoms with E-state index in [4.69, 9.17) is 10.5 Å². The molecule has 8 heteroatoms. The number of hydrogen-bond acceptors (Lipinski definition) is 4. The van der Waals surface area contributed by atoms with E-state index >= 15 is 0 Å². The minimum atomic E-state index is -4.49. The lowest BCUT2D eigenvalue weighted by Gasteiger charge is -2.13. The molecule has 1 heterocycles. The molecule has 2 rings (SSSR count). The van der Waals surface area contributed by atoms with E-state index < -0.39 is 18.0 Å². The number of nitrogen functional groups attached to an aromatic ring is 1. The van der Waals surface area contributed by atoms with Gasteiger partial charge in [0.05, 0.1) is 12.2 Å². The number of aliphatic hydroxyl groups is 1. The number of nitrogens with zero attached hydrogens (tertiary/aromatic N) is 2. The Kier molecular flexibility index (Phi) is 4.37. The lowest BCUT2D eigenvalue weighted by molar-refractivity contribution is -0.141. The molecule has 0 aliphatic rings. The number of nitrogens with two attached hydrogens (primary N) is 1. The molecular formula is C13H14F3N3O2. The summed E-state index contributed by atoms with van der Waals surface area (Å²) in [4.78, 5) is 0. The molecule has 1 atom stereocenters. The van der Waals surface area contributed by atoms with E-state index in [9.17, 15) is 18.3 Å². The molecule has 1 aromatic carbocycles. The van der Waals surface area contributed by atoms with Crippen LogP contribution in [0, 0.1) is 0 Å². The second-order valence-corrected chi connectivity index (χ2v) is 4.42. The highest BCUT2D eigenvalue weighted by molar-refractivity contribution is 5.51. The smallest absolute Gasteiger partial charge is 0.435 e. The van der Waals surface area contributed by atoms with Crippen molar-refractivity contribution in [2.75, 3.05) is 12.3 Å². The van der Waals surface area contributed by atoms with Crippen molar-refractivity contribution < 1.29 is 23.0 Å². The number of halogens is 3. The molecule has 1 aromatic heterocycles. The van der Waals surface area contributed by atoms with Gasteiger partial charge in [0.2, 0.25) is 0 Å². The highest BCUT2D eigenvalue weighted by atomic mass is 19.4. The number of rotatable bonds is 5. The van der Waals surface area contributed by atoms with Gasteiger partial charge in [0.25, 0.3) is 0 Å². The summed E-state index contributed by atoms with van der Waals surface area (Å²) in [5.74, 6) is 0.410. The van der Waals surface area contributed by atoms with Gasteiger partial charge in [-0.2, -0.15) is 18.3 Å². The maximum absolute atomic E-state index is 12.4. The summed E-state index contributed by atoms with van der Waals surface area (Å²) in [6.45, 7) is -0.210. The Morgan fingerprint density at radius 2 is 2.00 bits per heavy atom. The number of alkyl halides is 3. The van der Waals surface area contributed by atoms with E-state index in [-0.39, 0.29) is 13.2 Å². The summed E-state index contributed by atoms with van der Waals surface area (Å²) in [5.41, 5.74) is 5.08. The third-order valence-corrected chi connectivity index (χ3v) is 2.68. The van der Waals surface area contributed by atoms with E-state index in [1.807, 2.05) is 0 Å². The number of para-hydroxylation sites is 2. The maximum Gasteiger partial charge on any atom is 0.435 e. The van der Waals surface area contributed by atoms with E-state index in [1.54, 1.807) is 24.3 Å². The number of aromatic nitrogens is 2. The molecule has 2 aromatic rings. The molecule has 0 fully saturated rings. The Bertz CT molecular complexity index is 598. The Balaban J connectivity index is 1.89. The molecule has 1 unspecified atom stereocenters. The number of anilines is 1. The van der Waals surface area contributed by atoms with Crippen molar-refractivity contribution in [2.24, 2.45) is 0 Å². The van der Waals surface area contributed by atoms with Gasteiger partial charge in [-0.25, -0.2) is 0 Å². The third-order valence-electron chi connectivity index (χ3n) is 2.68. The standard InChI is InChI=1S/C13H14F3N3O2/c14-13(15,16)12-5-6-19(18-12)7-9(20)8-21-11-4-2-1-3-10(11)17/h1-6,9,20H,7-8,17H2. The molecule has 0 aliphatic heterocycles. The van der Waals surface area contributed by atoms with Crippen LogP contribution in [0.1, 0.15) is 5.69 Å². The number of ether oxygens (including phenoxy) is 1. The molecule has 0 amide bonds. The third kappa shape index (κ3) is 4.12. The average Bonchev–Trinajstić information content (AvgIpc) is 2.86. The second-order valence-electron chi connectivity index (χ2n) is 4.42. The van der Waals surface area contributed by atoms with Crippen LogP contribution < -0.4 is 10.5 Å². The first-order valence-corrected chi connectivity index (χ1v) is 6.12. The van der Waals surface area contributed by atoms with Crippen molar-refractivity contribution in [1.82, 2.24) is 9.78 Å². The lowest BCUT2D eigenvalue weighted by Crippen LogP contribution is -2.24. The SMILES string of the molecule is Nc1ccccc1OCC(O)Cn1ccc(C(F)(F)F)n1. The van der Waals surface area contributed by atoms with Crippen molar-refractivity contribution >= 4 is 5.69 Å². The normalized spacial score (nSPS) is 13.1. The Morgan fingerprint density at radius 3 is 2.62 bits per heavy atom. The lowest BCUT2D eigenvalue weighted by atomic mass is 10.3. The van der Waals surface area contributed by atoms with Gasteiger partial charge >= 0.3 is 6.18 Å². The van der Waals surface area contributed by atoms with Crippen LogP contribution in [-0.4, -0.2) is 27.6 Å². The summed E-state index contributed by atoms with van der Waals surface area (Å²) >= 11 is 0. The molecule has 0 bridgehead atoms. The second kappa shape index (κ2) is 6.04. The first-order valence-electron chi connectivity index (χ1n) is 6.12. The zero-order chi connectivity index (χ0) is 15.5. The Morgan fingerprint density at radius 1 is 1.29 bits per heavy atom. The molecule has 0 spiro atoms. The first-order chi connectivity index (χ1) is 9.86. The van der Waals surface area contributed by atoms with Crippen LogP contribution in [0.3, 0.4) is 0 Å². The fourth-order valence-corrected chi connectivity index (χ4v) is 1.68. The van der Waals surface area contributed by atoms with Crippen LogP contribution in [0.15, 0.2) is 36.5 Å². The van der Waals surface area contributed by atoms with E-state index in [0.29, 0.717) is 11.4 Å². The van der Waals surface area contributed by atoms with Crippen LogP contribution in [-0.2, 0) is 12.7 Å². The van der Waals surface area contributed by atoms with Crippen LogP contribution >= 0.6 is 0 Å². The van der Waals surface area contributed by atoms with E-state index in [0.717, 1.165) is 16.9 Å². The molecule has 0 radical (unpaired) electrons. The zero-order valence-corrected chi connectivity index (χ0v) is 10.9. The molecule has 0 saturated carbocycles.